The molecule has 1 aromatic carbocycles. The molecule has 6 nitrogen and oxygen atoms in total. The number of hydrogen-bond acceptors (Lipinski definition) is 5. The summed E-state index contributed by atoms with van der Waals surface area (Å²) in [5.41, 5.74) is -0.886. The number of nitrogens with one attached hydrogen (secondary N) is 2. The topological polar surface area (TPSA) is 69.1 Å². The van der Waals surface area contributed by atoms with Gasteiger partial charge in [-0.3, -0.25) is 9.89 Å². The second kappa shape index (κ2) is 11.5. The molecule has 0 radical (unpaired) electrons. The normalized spacial score (nSPS) is 18.1. The van der Waals surface area contributed by atoms with Gasteiger partial charge in [0.25, 0.3) is 0 Å². The molecule has 1 atom stereocenters. The van der Waals surface area contributed by atoms with Crippen LogP contribution >= 0.6 is 11.8 Å². The Morgan fingerprint density at radius 3 is 2.67 bits per heavy atom. The molecule has 1 unspecified atom stereocenters. The summed E-state index contributed by atoms with van der Waals surface area (Å²) in [7, 11) is 0. The molecule has 0 amide bonds. The molecule has 0 aliphatic carbocycles. The zero-order chi connectivity index (χ0) is 19.5. The highest BCUT2D eigenvalue weighted by Crippen LogP contribution is 2.17. The molecule has 0 aromatic heterocycles. The van der Waals surface area contributed by atoms with E-state index in [9.17, 15) is 9.50 Å². The van der Waals surface area contributed by atoms with Gasteiger partial charge in [-0.25, -0.2) is 4.39 Å². The Hall–Kier alpha value is -1.35. The van der Waals surface area contributed by atoms with Crippen molar-refractivity contribution in [3.8, 4) is 0 Å². The molecule has 152 valence electrons. The third-order valence-corrected chi connectivity index (χ3v) is 5.08. The molecule has 1 saturated heterocycles. The van der Waals surface area contributed by atoms with Gasteiger partial charge < -0.3 is 20.5 Å². The van der Waals surface area contributed by atoms with Crippen molar-refractivity contribution >= 4 is 17.7 Å². The standard InChI is InChI=1S/C19H31FN4O2S/c1-3-21-18(22-8-13-27-17-6-4-16(20)5-7-17)23-14-19(2,25)15-24-9-11-26-12-10-24/h4-7,25H,3,8-15H2,1-2H3,(H2,21,22,23). The van der Waals surface area contributed by atoms with Gasteiger partial charge in [-0.1, -0.05) is 0 Å². The fourth-order valence-corrected chi connectivity index (χ4v) is 3.52. The van der Waals surface area contributed by atoms with E-state index in [1.54, 1.807) is 23.9 Å². The molecule has 1 aliphatic rings. The molecule has 8 heteroatoms. The first-order chi connectivity index (χ1) is 13.0. The Bertz CT molecular complexity index is 578. The van der Waals surface area contributed by atoms with E-state index in [0.29, 0.717) is 19.0 Å². The number of guanidine groups is 1. The minimum atomic E-state index is -0.886. The molecular formula is C19H31FN4O2S. The minimum absolute atomic E-state index is 0.219. The largest absolute Gasteiger partial charge is 0.387 e. The van der Waals surface area contributed by atoms with Crippen LogP contribution in [0.15, 0.2) is 34.2 Å². The third-order valence-electron chi connectivity index (χ3n) is 4.07. The molecule has 0 saturated carbocycles. The maximum atomic E-state index is 12.9. The number of morpholine rings is 1. The predicted molar refractivity (Wildman–Crippen MR) is 109 cm³/mol. The summed E-state index contributed by atoms with van der Waals surface area (Å²) in [5, 5.41) is 17.1. The molecule has 0 spiro atoms. The first kappa shape index (κ1) is 21.9. The van der Waals surface area contributed by atoms with Gasteiger partial charge in [-0.2, -0.15) is 0 Å². The first-order valence-electron chi connectivity index (χ1n) is 9.41. The van der Waals surface area contributed by atoms with Crippen LogP contribution in [0.3, 0.4) is 0 Å². The van der Waals surface area contributed by atoms with Gasteiger partial charge in [0.1, 0.15) is 5.82 Å². The lowest BCUT2D eigenvalue weighted by atomic mass is 10.1. The summed E-state index contributed by atoms with van der Waals surface area (Å²) in [5.74, 6) is 1.31. The Kier molecular flexibility index (Phi) is 9.33. The van der Waals surface area contributed by atoms with E-state index in [0.717, 1.165) is 50.0 Å². The highest BCUT2D eigenvalue weighted by Gasteiger charge is 2.25. The van der Waals surface area contributed by atoms with Crippen LogP contribution in [0, 0.1) is 5.82 Å². The highest BCUT2D eigenvalue weighted by atomic mass is 32.2. The lowest BCUT2D eigenvalue weighted by molar-refractivity contribution is -0.0179. The number of nitrogens with zero attached hydrogens (tertiary/aromatic N) is 2. The van der Waals surface area contributed by atoms with Crippen molar-refractivity contribution in [1.82, 2.24) is 15.5 Å². The SMILES string of the molecule is CCNC(=NCC(C)(O)CN1CCOCC1)NCCSc1ccc(F)cc1. The molecule has 1 heterocycles. The summed E-state index contributed by atoms with van der Waals surface area (Å²) >= 11 is 1.66. The van der Waals surface area contributed by atoms with E-state index < -0.39 is 5.60 Å². The summed E-state index contributed by atoms with van der Waals surface area (Å²) in [4.78, 5) is 7.78. The van der Waals surface area contributed by atoms with Gasteiger partial charge in [0.05, 0.1) is 25.4 Å². The number of benzene rings is 1. The predicted octanol–water partition coefficient (Wildman–Crippen LogP) is 1.56. The molecule has 0 bridgehead atoms. The molecule has 3 N–H and O–H groups in total. The number of thioether (sulfide) groups is 1. The number of β-amino-alcohol motifs (C(OH)–C–C–N with tert-alkyl or cyclic N) is 1. The molecule has 1 aromatic rings. The van der Waals surface area contributed by atoms with Crippen LogP contribution in [-0.2, 0) is 4.74 Å². The maximum absolute atomic E-state index is 12.9. The van der Waals surface area contributed by atoms with Gasteiger partial charge in [0, 0.05) is 43.4 Å². The van der Waals surface area contributed by atoms with Crippen molar-refractivity contribution in [2.24, 2.45) is 4.99 Å². The fourth-order valence-electron chi connectivity index (χ4n) is 2.75. The van der Waals surface area contributed by atoms with Crippen LogP contribution in [0.25, 0.3) is 0 Å². The maximum Gasteiger partial charge on any atom is 0.191 e. The van der Waals surface area contributed by atoms with Crippen LogP contribution in [-0.4, -0.2) is 79.8 Å². The van der Waals surface area contributed by atoms with Crippen LogP contribution in [0.4, 0.5) is 4.39 Å². The third kappa shape index (κ3) is 8.92. The van der Waals surface area contributed by atoms with E-state index in [-0.39, 0.29) is 5.82 Å². The van der Waals surface area contributed by atoms with Crippen molar-refractivity contribution in [3.63, 3.8) is 0 Å². The monoisotopic (exact) mass is 398 g/mol. The van der Waals surface area contributed by atoms with E-state index in [1.165, 1.54) is 12.1 Å². The van der Waals surface area contributed by atoms with Crippen molar-refractivity contribution in [2.45, 2.75) is 24.3 Å². The van der Waals surface area contributed by atoms with Crippen molar-refractivity contribution in [3.05, 3.63) is 30.1 Å². The Morgan fingerprint density at radius 1 is 1.30 bits per heavy atom. The van der Waals surface area contributed by atoms with E-state index in [4.69, 9.17) is 4.74 Å². The van der Waals surface area contributed by atoms with Crippen LogP contribution in [0.2, 0.25) is 0 Å². The lowest BCUT2D eigenvalue weighted by Gasteiger charge is -2.33. The highest BCUT2D eigenvalue weighted by molar-refractivity contribution is 7.99. The molecular weight excluding hydrogens is 367 g/mol. The number of rotatable bonds is 9. The minimum Gasteiger partial charge on any atom is -0.387 e. The van der Waals surface area contributed by atoms with Crippen LogP contribution in [0.1, 0.15) is 13.8 Å². The first-order valence-corrected chi connectivity index (χ1v) is 10.4. The number of aliphatic imine (C=N–C) groups is 1. The van der Waals surface area contributed by atoms with Gasteiger partial charge in [-0.05, 0) is 38.1 Å². The van der Waals surface area contributed by atoms with Gasteiger partial charge >= 0.3 is 0 Å². The summed E-state index contributed by atoms with van der Waals surface area (Å²) in [6.45, 7) is 9.34. The van der Waals surface area contributed by atoms with Crippen molar-refractivity contribution in [2.75, 3.05) is 58.2 Å². The fraction of sp³-hybridized carbons (Fsp3) is 0.632. The zero-order valence-electron chi connectivity index (χ0n) is 16.2. The number of hydrogen-bond donors (Lipinski definition) is 3. The zero-order valence-corrected chi connectivity index (χ0v) is 17.0. The van der Waals surface area contributed by atoms with E-state index in [2.05, 4.69) is 20.5 Å². The van der Waals surface area contributed by atoms with Crippen molar-refractivity contribution < 1.29 is 14.2 Å². The van der Waals surface area contributed by atoms with Gasteiger partial charge in [0.15, 0.2) is 5.96 Å². The summed E-state index contributed by atoms with van der Waals surface area (Å²) < 4.78 is 18.3. The Balaban J connectivity index is 1.75. The quantitative estimate of drug-likeness (QED) is 0.254. The summed E-state index contributed by atoms with van der Waals surface area (Å²) in [6.07, 6.45) is 0. The molecule has 2 rings (SSSR count). The second-order valence-corrected chi connectivity index (χ2v) is 7.98. The second-order valence-electron chi connectivity index (χ2n) is 6.81. The van der Waals surface area contributed by atoms with Gasteiger partial charge in [-0.15, -0.1) is 11.8 Å². The smallest absolute Gasteiger partial charge is 0.191 e. The number of ether oxygens (including phenoxy) is 1. The van der Waals surface area contributed by atoms with E-state index >= 15 is 0 Å². The average molecular weight is 399 g/mol. The van der Waals surface area contributed by atoms with Crippen LogP contribution < -0.4 is 10.6 Å². The van der Waals surface area contributed by atoms with Crippen LogP contribution in [0.5, 0.6) is 0 Å². The number of halogens is 1. The summed E-state index contributed by atoms with van der Waals surface area (Å²) in [6, 6.07) is 6.50. The molecule has 27 heavy (non-hydrogen) atoms. The van der Waals surface area contributed by atoms with E-state index in [1.807, 2.05) is 13.8 Å². The van der Waals surface area contributed by atoms with Gasteiger partial charge in [0.2, 0.25) is 0 Å². The molecule has 1 fully saturated rings. The number of aliphatic hydroxyl groups is 1. The Morgan fingerprint density at radius 2 is 2.00 bits per heavy atom. The lowest BCUT2D eigenvalue weighted by Crippen LogP contribution is -2.48. The Labute approximate surface area is 165 Å². The van der Waals surface area contributed by atoms with Crippen molar-refractivity contribution in [1.29, 1.82) is 0 Å². The molecule has 1 aliphatic heterocycles. The average Bonchev–Trinajstić information content (AvgIpc) is 2.65.